The van der Waals surface area contributed by atoms with Gasteiger partial charge < -0.3 is 9.64 Å². The molecule has 0 saturated carbocycles. The molecule has 1 heterocycles. The van der Waals surface area contributed by atoms with Crippen LogP contribution < -0.4 is 0 Å². The maximum atomic E-state index is 5.45. The molecule has 23 heavy (non-hydrogen) atoms. The lowest BCUT2D eigenvalue weighted by Crippen LogP contribution is -2.46. The van der Waals surface area contributed by atoms with Crippen molar-refractivity contribution in [2.75, 3.05) is 46.4 Å². The second-order valence-corrected chi connectivity index (χ2v) is 6.65. The summed E-state index contributed by atoms with van der Waals surface area (Å²) in [6.07, 6.45) is 1.10. The van der Waals surface area contributed by atoms with Crippen molar-refractivity contribution in [1.29, 1.82) is 0 Å². The number of hydrogen-bond acceptors (Lipinski definition) is 3. The van der Waals surface area contributed by atoms with Crippen molar-refractivity contribution in [2.45, 2.75) is 19.4 Å². The van der Waals surface area contributed by atoms with E-state index in [0.717, 1.165) is 45.8 Å². The molecule has 1 aliphatic rings. The SMILES string of the molecule is CC(CN(C)CCc1cccc2ccccc12)N1CCOCC1. The predicted octanol–water partition coefficient (Wildman–Crippen LogP) is 3.03. The number of ether oxygens (including phenoxy) is 1. The van der Waals surface area contributed by atoms with Crippen LogP contribution in [0.5, 0.6) is 0 Å². The van der Waals surface area contributed by atoms with Crippen LogP contribution in [0.4, 0.5) is 0 Å². The van der Waals surface area contributed by atoms with Gasteiger partial charge in [-0.15, -0.1) is 0 Å². The molecule has 1 aliphatic heterocycles. The zero-order valence-corrected chi connectivity index (χ0v) is 14.4. The van der Waals surface area contributed by atoms with Crippen LogP contribution in [-0.4, -0.2) is 62.3 Å². The van der Waals surface area contributed by atoms with E-state index in [1.54, 1.807) is 0 Å². The molecule has 0 aliphatic carbocycles. The highest BCUT2D eigenvalue weighted by Crippen LogP contribution is 2.19. The van der Waals surface area contributed by atoms with Gasteiger partial charge in [-0.1, -0.05) is 42.5 Å². The Bertz CT molecular complexity index is 617. The Labute approximate surface area is 139 Å². The lowest BCUT2D eigenvalue weighted by molar-refractivity contribution is 0.0142. The number of likely N-dealkylation sites (N-methyl/N-ethyl adjacent to an activating group) is 1. The summed E-state index contributed by atoms with van der Waals surface area (Å²) in [5.74, 6) is 0. The standard InChI is InChI=1S/C20H28N2O/c1-17(22-12-14-23-15-13-22)16-21(2)11-10-19-8-5-7-18-6-3-4-9-20(18)19/h3-9,17H,10-16H2,1-2H3. The highest BCUT2D eigenvalue weighted by molar-refractivity contribution is 5.85. The van der Waals surface area contributed by atoms with Gasteiger partial charge >= 0.3 is 0 Å². The maximum absolute atomic E-state index is 5.45. The summed E-state index contributed by atoms with van der Waals surface area (Å²) in [6, 6.07) is 15.9. The molecule has 3 heteroatoms. The predicted molar refractivity (Wildman–Crippen MR) is 97.0 cm³/mol. The minimum absolute atomic E-state index is 0.594. The van der Waals surface area contributed by atoms with Crippen molar-refractivity contribution in [3.05, 3.63) is 48.0 Å². The number of hydrogen-bond donors (Lipinski definition) is 0. The van der Waals surface area contributed by atoms with Gasteiger partial charge in [-0.3, -0.25) is 4.90 Å². The maximum Gasteiger partial charge on any atom is 0.0594 e. The van der Waals surface area contributed by atoms with Crippen LogP contribution in [-0.2, 0) is 11.2 Å². The molecule has 2 aromatic carbocycles. The molecule has 1 unspecified atom stereocenters. The summed E-state index contributed by atoms with van der Waals surface area (Å²) in [4.78, 5) is 5.00. The van der Waals surface area contributed by atoms with E-state index in [2.05, 4.69) is 66.2 Å². The first-order chi connectivity index (χ1) is 11.2. The van der Waals surface area contributed by atoms with E-state index in [4.69, 9.17) is 4.74 Å². The number of morpholine rings is 1. The summed E-state index contributed by atoms with van der Waals surface area (Å²) in [6.45, 7) is 8.44. The molecule has 0 N–H and O–H groups in total. The monoisotopic (exact) mass is 312 g/mol. The van der Waals surface area contributed by atoms with Crippen LogP contribution >= 0.6 is 0 Å². The van der Waals surface area contributed by atoms with Gasteiger partial charge in [0.1, 0.15) is 0 Å². The van der Waals surface area contributed by atoms with Gasteiger partial charge in [-0.05, 0) is 36.7 Å². The fraction of sp³-hybridized carbons (Fsp3) is 0.500. The molecular weight excluding hydrogens is 284 g/mol. The molecule has 1 saturated heterocycles. The molecule has 1 atom stereocenters. The van der Waals surface area contributed by atoms with Gasteiger partial charge in [0.25, 0.3) is 0 Å². The number of nitrogens with zero attached hydrogens (tertiary/aromatic N) is 2. The van der Waals surface area contributed by atoms with Crippen molar-refractivity contribution in [1.82, 2.24) is 9.80 Å². The third-order valence-electron chi connectivity index (χ3n) is 4.89. The Hall–Kier alpha value is -1.42. The molecule has 3 rings (SSSR count). The van der Waals surface area contributed by atoms with Crippen LogP contribution in [0.3, 0.4) is 0 Å². The normalized spacial score (nSPS) is 17.7. The Balaban J connectivity index is 1.54. The molecule has 124 valence electrons. The van der Waals surface area contributed by atoms with Gasteiger partial charge in [0.05, 0.1) is 13.2 Å². The highest BCUT2D eigenvalue weighted by Gasteiger charge is 2.18. The van der Waals surface area contributed by atoms with E-state index >= 15 is 0 Å². The van der Waals surface area contributed by atoms with Crippen molar-refractivity contribution >= 4 is 10.8 Å². The molecule has 0 aromatic heterocycles. The minimum Gasteiger partial charge on any atom is -0.379 e. The largest absolute Gasteiger partial charge is 0.379 e. The van der Waals surface area contributed by atoms with Crippen molar-refractivity contribution in [3.8, 4) is 0 Å². The lowest BCUT2D eigenvalue weighted by atomic mass is 10.0. The Kier molecular flexibility index (Phi) is 5.65. The zero-order chi connectivity index (χ0) is 16.1. The molecule has 0 radical (unpaired) electrons. The molecule has 1 fully saturated rings. The van der Waals surface area contributed by atoms with Gasteiger partial charge in [-0.25, -0.2) is 0 Å². The molecule has 0 bridgehead atoms. The third-order valence-corrected chi connectivity index (χ3v) is 4.89. The summed E-state index contributed by atoms with van der Waals surface area (Å²) in [5, 5.41) is 2.74. The second kappa shape index (κ2) is 7.91. The van der Waals surface area contributed by atoms with Crippen LogP contribution in [0.1, 0.15) is 12.5 Å². The summed E-state index contributed by atoms with van der Waals surface area (Å²) >= 11 is 0. The quantitative estimate of drug-likeness (QED) is 0.815. The lowest BCUT2D eigenvalue weighted by Gasteiger charge is -2.34. The number of rotatable bonds is 6. The van der Waals surface area contributed by atoms with E-state index in [0.29, 0.717) is 6.04 Å². The molecule has 0 spiro atoms. The van der Waals surface area contributed by atoms with Gasteiger partial charge in [-0.2, -0.15) is 0 Å². The van der Waals surface area contributed by atoms with Crippen molar-refractivity contribution in [2.24, 2.45) is 0 Å². The van der Waals surface area contributed by atoms with E-state index < -0.39 is 0 Å². The zero-order valence-electron chi connectivity index (χ0n) is 14.4. The van der Waals surface area contributed by atoms with Gasteiger partial charge in [0.15, 0.2) is 0 Å². The van der Waals surface area contributed by atoms with E-state index in [9.17, 15) is 0 Å². The van der Waals surface area contributed by atoms with Crippen LogP contribution in [0.25, 0.3) is 10.8 Å². The van der Waals surface area contributed by atoms with Crippen molar-refractivity contribution in [3.63, 3.8) is 0 Å². The first-order valence-electron chi connectivity index (χ1n) is 8.71. The van der Waals surface area contributed by atoms with Crippen LogP contribution in [0, 0.1) is 0 Å². The average Bonchev–Trinajstić information content (AvgIpc) is 2.60. The first kappa shape index (κ1) is 16.4. The topological polar surface area (TPSA) is 15.7 Å². The highest BCUT2D eigenvalue weighted by atomic mass is 16.5. The molecule has 3 nitrogen and oxygen atoms in total. The smallest absolute Gasteiger partial charge is 0.0594 e. The summed E-state index contributed by atoms with van der Waals surface area (Å²) in [7, 11) is 2.24. The molecular formula is C20H28N2O. The van der Waals surface area contributed by atoms with E-state index in [1.165, 1.54) is 16.3 Å². The second-order valence-electron chi connectivity index (χ2n) is 6.65. The van der Waals surface area contributed by atoms with Crippen LogP contribution in [0.2, 0.25) is 0 Å². The average molecular weight is 312 g/mol. The summed E-state index contributed by atoms with van der Waals surface area (Å²) < 4.78 is 5.45. The fourth-order valence-electron chi connectivity index (χ4n) is 3.50. The third kappa shape index (κ3) is 4.31. The van der Waals surface area contributed by atoms with Crippen molar-refractivity contribution < 1.29 is 4.74 Å². The van der Waals surface area contributed by atoms with E-state index in [-0.39, 0.29) is 0 Å². The first-order valence-corrected chi connectivity index (χ1v) is 8.71. The number of benzene rings is 2. The Morgan fingerprint density at radius 3 is 2.65 bits per heavy atom. The van der Waals surface area contributed by atoms with Gasteiger partial charge in [0, 0.05) is 32.2 Å². The van der Waals surface area contributed by atoms with E-state index in [1.807, 2.05) is 0 Å². The fourth-order valence-corrected chi connectivity index (χ4v) is 3.50. The minimum atomic E-state index is 0.594. The Morgan fingerprint density at radius 2 is 1.83 bits per heavy atom. The summed E-state index contributed by atoms with van der Waals surface area (Å²) in [5.41, 5.74) is 1.45. The molecule has 0 amide bonds. The van der Waals surface area contributed by atoms with Gasteiger partial charge in [0.2, 0.25) is 0 Å². The number of fused-ring (bicyclic) bond motifs is 1. The molecule has 2 aromatic rings. The Morgan fingerprint density at radius 1 is 1.09 bits per heavy atom. The van der Waals surface area contributed by atoms with Crippen LogP contribution in [0.15, 0.2) is 42.5 Å².